The quantitative estimate of drug-likeness (QED) is 0.608. The molecule has 3 aliphatic rings. The lowest BCUT2D eigenvalue weighted by atomic mass is 9.60. The number of hydrogen-bond acceptors (Lipinski definition) is 3. The standard InChI is InChI=1S/C10H16O3/c1-9-2-3-10(12-4-5-13-10)8(9)7(11)6-9/h7-8,11H,2-6H2,1H3. The average molecular weight is 184 g/mol. The van der Waals surface area contributed by atoms with Crippen LogP contribution in [0.3, 0.4) is 0 Å². The van der Waals surface area contributed by atoms with Crippen molar-refractivity contribution in [3.8, 4) is 0 Å². The number of fused-ring (bicyclic) bond motifs is 2. The lowest BCUT2D eigenvalue weighted by molar-refractivity contribution is -0.249. The van der Waals surface area contributed by atoms with Gasteiger partial charge < -0.3 is 14.6 Å². The van der Waals surface area contributed by atoms with Crippen molar-refractivity contribution in [1.82, 2.24) is 0 Å². The molecular weight excluding hydrogens is 168 g/mol. The minimum absolute atomic E-state index is 0.203. The van der Waals surface area contributed by atoms with Crippen LogP contribution in [0.4, 0.5) is 0 Å². The topological polar surface area (TPSA) is 38.7 Å². The van der Waals surface area contributed by atoms with Gasteiger partial charge in [0.15, 0.2) is 5.79 Å². The summed E-state index contributed by atoms with van der Waals surface area (Å²) >= 11 is 0. The van der Waals surface area contributed by atoms with Gasteiger partial charge in [0.1, 0.15) is 0 Å². The van der Waals surface area contributed by atoms with Crippen molar-refractivity contribution >= 4 is 0 Å². The first kappa shape index (κ1) is 8.21. The lowest BCUT2D eigenvalue weighted by Crippen LogP contribution is -2.56. The van der Waals surface area contributed by atoms with Crippen LogP contribution in [-0.2, 0) is 9.47 Å². The van der Waals surface area contributed by atoms with Crippen molar-refractivity contribution < 1.29 is 14.6 Å². The summed E-state index contributed by atoms with van der Waals surface area (Å²) in [5, 5.41) is 9.75. The van der Waals surface area contributed by atoms with Gasteiger partial charge in [-0.25, -0.2) is 0 Å². The maximum absolute atomic E-state index is 9.75. The maximum atomic E-state index is 9.75. The number of aliphatic hydroxyl groups is 1. The van der Waals surface area contributed by atoms with E-state index in [1.54, 1.807) is 0 Å². The average Bonchev–Trinajstić information content (AvgIpc) is 2.57. The Kier molecular flexibility index (Phi) is 1.43. The Hall–Kier alpha value is -0.120. The molecule has 1 aliphatic heterocycles. The van der Waals surface area contributed by atoms with Crippen molar-refractivity contribution in [3.05, 3.63) is 0 Å². The van der Waals surface area contributed by atoms with E-state index < -0.39 is 5.79 Å². The van der Waals surface area contributed by atoms with Crippen molar-refractivity contribution in [2.75, 3.05) is 13.2 Å². The van der Waals surface area contributed by atoms with Gasteiger partial charge in [0.05, 0.1) is 19.3 Å². The zero-order valence-electron chi connectivity index (χ0n) is 7.95. The van der Waals surface area contributed by atoms with Gasteiger partial charge in [-0.1, -0.05) is 6.92 Å². The predicted molar refractivity (Wildman–Crippen MR) is 46.1 cm³/mol. The van der Waals surface area contributed by atoms with Crippen LogP contribution in [0.5, 0.6) is 0 Å². The molecule has 3 heteroatoms. The minimum Gasteiger partial charge on any atom is -0.393 e. The molecular formula is C10H16O3. The zero-order chi connectivity index (χ0) is 9.10. The first-order chi connectivity index (χ1) is 6.16. The molecule has 1 heterocycles. The molecule has 0 aromatic carbocycles. The lowest BCUT2D eigenvalue weighted by Gasteiger charge is -2.50. The van der Waals surface area contributed by atoms with Crippen LogP contribution in [0.25, 0.3) is 0 Å². The van der Waals surface area contributed by atoms with E-state index in [0.717, 1.165) is 19.3 Å². The first-order valence-corrected chi connectivity index (χ1v) is 5.12. The number of rotatable bonds is 0. The molecule has 1 spiro atoms. The molecule has 3 unspecified atom stereocenters. The van der Waals surface area contributed by atoms with Gasteiger partial charge in [-0.3, -0.25) is 0 Å². The molecule has 2 saturated carbocycles. The van der Waals surface area contributed by atoms with Crippen LogP contribution < -0.4 is 0 Å². The van der Waals surface area contributed by atoms with Gasteiger partial charge in [-0.15, -0.1) is 0 Å². The number of hydrogen-bond donors (Lipinski definition) is 1. The second kappa shape index (κ2) is 2.27. The Morgan fingerprint density at radius 2 is 1.92 bits per heavy atom. The SMILES string of the molecule is CC12CCC3(OCCO3)C1C(O)C2. The summed E-state index contributed by atoms with van der Waals surface area (Å²) in [4.78, 5) is 0. The van der Waals surface area contributed by atoms with Crippen LogP contribution in [0, 0.1) is 11.3 Å². The minimum atomic E-state index is -0.410. The van der Waals surface area contributed by atoms with Crippen molar-refractivity contribution in [2.24, 2.45) is 11.3 Å². The van der Waals surface area contributed by atoms with Gasteiger partial charge in [-0.05, 0) is 18.3 Å². The maximum Gasteiger partial charge on any atom is 0.174 e. The third kappa shape index (κ3) is 0.853. The van der Waals surface area contributed by atoms with E-state index in [9.17, 15) is 5.11 Å². The van der Waals surface area contributed by atoms with E-state index in [1.807, 2.05) is 0 Å². The number of aliphatic hydroxyl groups excluding tert-OH is 1. The molecule has 1 saturated heterocycles. The molecule has 0 radical (unpaired) electrons. The summed E-state index contributed by atoms with van der Waals surface area (Å²) < 4.78 is 11.4. The van der Waals surface area contributed by atoms with Gasteiger partial charge in [0, 0.05) is 12.3 Å². The predicted octanol–water partition coefficient (Wildman–Crippen LogP) is 0.910. The van der Waals surface area contributed by atoms with Gasteiger partial charge in [0.25, 0.3) is 0 Å². The van der Waals surface area contributed by atoms with E-state index in [0.29, 0.717) is 13.2 Å². The summed E-state index contributed by atoms with van der Waals surface area (Å²) in [5.41, 5.74) is 0.282. The van der Waals surface area contributed by atoms with Crippen molar-refractivity contribution in [3.63, 3.8) is 0 Å². The van der Waals surface area contributed by atoms with Crippen molar-refractivity contribution in [1.29, 1.82) is 0 Å². The van der Waals surface area contributed by atoms with Gasteiger partial charge in [-0.2, -0.15) is 0 Å². The van der Waals surface area contributed by atoms with Crippen LogP contribution in [0.2, 0.25) is 0 Å². The first-order valence-electron chi connectivity index (χ1n) is 5.12. The summed E-state index contributed by atoms with van der Waals surface area (Å²) in [7, 11) is 0. The molecule has 0 amide bonds. The van der Waals surface area contributed by atoms with Crippen LogP contribution in [0.1, 0.15) is 26.2 Å². The molecule has 0 bridgehead atoms. The molecule has 2 aliphatic carbocycles. The molecule has 74 valence electrons. The Bertz CT molecular complexity index is 234. The van der Waals surface area contributed by atoms with E-state index >= 15 is 0 Å². The third-order valence-electron chi connectivity index (χ3n) is 4.11. The molecule has 13 heavy (non-hydrogen) atoms. The van der Waals surface area contributed by atoms with Crippen LogP contribution >= 0.6 is 0 Å². The van der Waals surface area contributed by atoms with E-state index in [2.05, 4.69) is 6.92 Å². The molecule has 1 N–H and O–H groups in total. The normalized spacial score (nSPS) is 52.2. The Labute approximate surface area is 78.0 Å². The highest BCUT2D eigenvalue weighted by molar-refractivity contribution is 5.11. The second-order valence-electron chi connectivity index (χ2n) is 4.91. The van der Waals surface area contributed by atoms with Gasteiger partial charge >= 0.3 is 0 Å². The third-order valence-corrected chi connectivity index (χ3v) is 4.11. The molecule has 3 fully saturated rings. The summed E-state index contributed by atoms with van der Waals surface area (Å²) in [6, 6.07) is 0. The molecule has 3 atom stereocenters. The highest BCUT2D eigenvalue weighted by Crippen LogP contribution is 2.63. The molecule has 0 aromatic rings. The van der Waals surface area contributed by atoms with E-state index in [-0.39, 0.29) is 17.4 Å². The van der Waals surface area contributed by atoms with E-state index in [1.165, 1.54) is 0 Å². The monoisotopic (exact) mass is 184 g/mol. The van der Waals surface area contributed by atoms with Crippen molar-refractivity contribution in [2.45, 2.75) is 38.1 Å². The van der Waals surface area contributed by atoms with E-state index in [4.69, 9.17) is 9.47 Å². The molecule has 3 rings (SSSR count). The van der Waals surface area contributed by atoms with Crippen LogP contribution in [0.15, 0.2) is 0 Å². The summed E-state index contributed by atoms with van der Waals surface area (Å²) in [6.45, 7) is 3.63. The fourth-order valence-electron chi connectivity index (χ4n) is 3.52. The number of ether oxygens (including phenoxy) is 2. The fraction of sp³-hybridized carbons (Fsp3) is 1.00. The summed E-state index contributed by atoms with van der Waals surface area (Å²) in [6.07, 6.45) is 2.82. The largest absolute Gasteiger partial charge is 0.393 e. The smallest absolute Gasteiger partial charge is 0.174 e. The Morgan fingerprint density at radius 3 is 2.54 bits per heavy atom. The van der Waals surface area contributed by atoms with Crippen LogP contribution in [-0.4, -0.2) is 30.2 Å². The highest BCUT2D eigenvalue weighted by atomic mass is 16.7. The molecule has 0 aromatic heterocycles. The summed E-state index contributed by atoms with van der Waals surface area (Å²) in [5.74, 6) is -0.186. The highest BCUT2D eigenvalue weighted by Gasteiger charge is 2.67. The fourth-order valence-corrected chi connectivity index (χ4v) is 3.52. The Morgan fingerprint density at radius 1 is 1.23 bits per heavy atom. The zero-order valence-corrected chi connectivity index (χ0v) is 7.95. The molecule has 3 nitrogen and oxygen atoms in total. The van der Waals surface area contributed by atoms with Gasteiger partial charge in [0.2, 0.25) is 0 Å². The second-order valence-corrected chi connectivity index (χ2v) is 4.91. The Balaban J connectivity index is 1.91.